The first kappa shape index (κ1) is 20.1. The molecule has 1 aliphatic heterocycles. The van der Waals surface area contributed by atoms with Crippen LogP contribution in [-0.2, 0) is 26.5 Å². The molecular formula is C20H26NO5P. The molecule has 7 heteroatoms. The van der Waals surface area contributed by atoms with E-state index in [1.54, 1.807) is 0 Å². The van der Waals surface area contributed by atoms with Crippen LogP contribution in [0.25, 0.3) is 0 Å². The highest BCUT2D eigenvalue weighted by molar-refractivity contribution is 7.47. The molecule has 1 heterocycles. The number of phosphoric ester groups is 1. The Kier molecular flexibility index (Phi) is 6.68. The Hall–Kier alpha value is -1.69. The van der Waals surface area contributed by atoms with E-state index in [-0.39, 0.29) is 13.2 Å². The second-order valence-corrected chi connectivity index (χ2v) is 8.41. The van der Waals surface area contributed by atoms with Crippen LogP contribution in [0.3, 0.4) is 0 Å². The van der Waals surface area contributed by atoms with Gasteiger partial charge >= 0.3 is 7.82 Å². The third-order valence-corrected chi connectivity index (χ3v) is 5.50. The molecule has 0 aliphatic carbocycles. The predicted octanol–water partition coefficient (Wildman–Crippen LogP) is 3.48. The van der Waals surface area contributed by atoms with E-state index >= 15 is 0 Å². The number of ether oxygens (including phenoxy) is 1. The second kappa shape index (κ2) is 9.00. The lowest BCUT2D eigenvalue weighted by atomic mass is 9.94. The van der Waals surface area contributed by atoms with E-state index in [0.29, 0.717) is 13.0 Å². The lowest BCUT2D eigenvalue weighted by molar-refractivity contribution is 0.0372. The zero-order valence-electron chi connectivity index (χ0n) is 15.3. The molecule has 1 fully saturated rings. The van der Waals surface area contributed by atoms with Gasteiger partial charge in [-0.05, 0) is 48.9 Å². The monoisotopic (exact) mass is 391 g/mol. The van der Waals surface area contributed by atoms with Gasteiger partial charge in [0.15, 0.2) is 0 Å². The highest BCUT2D eigenvalue weighted by Gasteiger charge is 2.38. The molecule has 3 rings (SSSR count). The first-order chi connectivity index (χ1) is 12.9. The van der Waals surface area contributed by atoms with Crippen molar-refractivity contribution < 1.29 is 23.2 Å². The summed E-state index contributed by atoms with van der Waals surface area (Å²) in [5.41, 5.74) is 7.87. The average Bonchev–Trinajstić information content (AvgIpc) is 2.68. The van der Waals surface area contributed by atoms with Gasteiger partial charge in [-0.2, -0.15) is 0 Å². The van der Waals surface area contributed by atoms with Crippen LogP contribution in [0.5, 0.6) is 5.75 Å². The van der Waals surface area contributed by atoms with Gasteiger partial charge in [-0.3, -0.25) is 9.05 Å². The molecule has 2 aromatic rings. The Labute approximate surface area is 159 Å². The molecule has 0 amide bonds. The maximum atomic E-state index is 11.3. The van der Waals surface area contributed by atoms with E-state index < -0.39 is 13.4 Å². The lowest BCUT2D eigenvalue weighted by Crippen LogP contribution is -2.51. The Morgan fingerprint density at radius 1 is 1.00 bits per heavy atom. The Bertz CT molecular complexity index is 754. The van der Waals surface area contributed by atoms with E-state index in [1.807, 2.05) is 42.5 Å². The second-order valence-electron chi connectivity index (χ2n) is 6.96. The standard InChI is InChI=1S/C20H26NO5P/c21-20(15-25-27(22,23)26-16-20)13-12-18-8-10-19(11-9-18)24-14-4-7-17-5-2-1-3-6-17/h1-3,5-6,8-11H,4,7,12-16,21H2,(H,22,23). The summed E-state index contributed by atoms with van der Waals surface area (Å²) in [5, 5.41) is 0. The van der Waals surface area contributed by atoms with Crippen molar-refractivity contribution in [2.75, 3.05) is 19.8 Å². The van der Waals surface area contributed by atoms with Crippen LogP contribution in [0.4, 0.5) is 0 Å². The molecule has 0 aromatic heterocycles. The van der Waals surface area contributed by atoms with E-state index in [9.17, 15) is 9.46 Å². The molecular weight excluding hydrogens is 365 g/mol. The first-order valence-electron chi connectivity index (χ1n) is 9.11. The minimum Gasteiger partial charge on any atom is -0.494 e. The average molecular weight is 391 g/mol. The number of aryl methyl sites for hydroxylation is 2. The third-order valence-electron chi connectivity index (χ3n) is 4.59. The SMILES string of the molecule is NC1(CCc2ccc(OCCCc3ccccc3)cc2)COP(=O)(O)OC1. The van der Waals surface area contributed by atoms with Crippen molar-refractivity contribution in [2.24, 2.45) is 5.73 Å². The molecule has 0 saturated carbocycles. The van der Waals surface area contributed by atoms with Gasteiger partial charge in [0.05, 0.1) is 25.4 Å². The molecule has 3 N–H and O–H groups in total. The molecule has 0 bridgehead atoms. The zero-order valence-corrected chi connectivity index (χ0v) is 16.1. The fourth-order valence-corrected chi connectivity index (χ4v) is 3.82. The molecule has 6 nitrogen and oxygen atoms in total. The molecule has 0 spiro atoms. The predicted molar refractivity (Wildman–Crippen MR) is 104 cm³/mol. The molecule has 146 valence electrons. The molecule has 0 atom stereocenters. The molecule has 1 saturated heterocycles. The van der Waals surface area contributed by atoms with Crippen molar-refractivity contribution in [3.63, 3.8) is 0 Å². The minimum atomic E-state index is -3.90. The number of benzene rings is 2. The van der Waals surface area contributed by atoms with Crippen LogP contribution in [0.2, 0.25) is 0 Å². The van der Waals surface area contributed by atoms with Crippen LogP contribution >= 0.6 is 7.82 Å². The van der Waals surface area contributed by atoms with Gasteiger partial charge in [-0.1, -0.05) is 42.5 Å². The summed E-state index contributed by atoms with van der Waals surface area (Å²) in [6.45, 7) is 0.711. The Morgan fingerprint density at radius 3 is 2.30 bits per heavy atom. The number of hydrogen-bond acceptors (Lipinski definition) is 5. The lowest BCUT2D eigenvalue weighted by Gasteiger charge is -2.34. The van der Waals surface area contributed by atoms with E-state index in [4.69, 9.17) is 19.5 Å². The summed E-state index contributed by atoms with van der Waals surface area (Å²) in [6.07, 6.45) is 3.30. The van der Waals surface area contributed by atoms with Gasteiger partial charge in [0.25, 0.3) is 0 Å². The first-order valence-corrected chi connectivity index (χ1v) is 10.6. The molecule has 0 radical (unpaired) electrons. The van der Waals surface area contributed by atoms with E-state index in [2.05, 4.69) is 12.1 Å². The summed E-state index contributed by atoms with van der Waals surface area (Å²) in [5.74, 6) is 0.847. The van der Waals surface area contributed by atoms with Crippen LogP contribution in [0.15, 0.2) is 54.6 Å². The van der Waals surface area contributed by atoms with Crippen molar-refractivity contribution in [1.82, 2.24) is 0 Å². The topological polar surface area (TPSA) is 91.0 Å². The van der Waals surface area contributed by atoms with Gasteiger partial charge in [-0.15, -0.1) is 0 Å². The maximum Gasteiger partial charge on any atom is 0.472 e. The summed E-state index contributed by atoms with van der Waals surface area (Å²) < 4.78 is 26.7. The summed E-state index contributed by atoms with van der Waals surface area (Å²) >= 11 is 0. The van der Waals surface area contributed by atoms with Gasteiger partial charge in [0, 0.05) is 0 Å². The summed E-state index contributed by atoms with van der Waals surface area (Å²) in [4.78, 5) is 9.22. The molecule has 2 aromatic carbocycles. The highest BCUT2D eigenvalue weighted by atomic mass is 31.2. The van der Waals surface area contributed by atoms with Gasteiger partial charge in [-0.25, -0.2) is 4.57 Å². The smallest absolute Gasteiger partial charge is 0.472 e. The van der Waals surface area contributed by atoms with Crippen molar-refractivity contribution in [3.05, 3.63) is 65.7 Å². The summed E-state index contributed by atoms with van der Waals surface area (Å²) in [7, 11) is -3.90. The van der Waals surface area contributed by atoms with Gasteiger partial charge in [0.2, 0.25) is 0 Å². The van der Waals surface area contributed by atoms with Crippen LogP contribution in [0, 0.1) is 0 Å². The van der Waals surface area contributed by atoms with Crippen molar-refractivity contribution in [3.8, 4) is 5.75 Å². The quantitative estimate of drug-likeness (QED) is 0.529. The molecule has 1 aliphatic rings. The van der Waals surface area contributed by atoms with Crippen molar-refractivity contribution in [2.45, 2.75) is 31.2 Å². The van der Waals surface area contributed by atoms with E-state index in [0.717, 1.165) is 30.6 Å². The van der Waals surface area contributed by atoms with Crippen molar-refractivity contribution >= 4 is 7.82 Å². The summed E-state index contributed by atoms with van der Waals surface area (Å²) in [6, 6.07) is 18.3. The third kappa shape index (κ3) is 6.45. The number of rotatable bonds is 8. The van der Waals surface area contributed by atoms with Crippen molar-refractivity contribution in [1.29, 1.82) is 0 Å². The van der Waals surface area contributed by atoms with E-state index in [1.165, 1.54) is 5.56 Å². The van der Waals surface area contributed by atoms with Crippen LogP contribution in [-0.4, -0.2) is 30.3 Å². The largest absolute Gasteiger partial charge is 0.494 e. The number of phosphoric acid groups is 1. The molecule has 27 heavy (non-hydrogen) atoms. The normalized spacial score (nSPS) is 25.3. The van der Waals surface area contributed by atoms with Crippen LogP contribution in [0.1, 0.15) is 24.0 Å². The van der Waals surface area contributed by atoms with Gasteiger partial charge in [0.1, 0.15) is 5.75 Å². The van der Waals surface area contributed by atoms with Gasteiger partial charge < -0.3 is 15.4 Å². The Balaban J connectivity index is 1.39. The Morgan fingerprint density at radius 2 is 1.63 bits per heavy atom. The fraction of sp³-hybridized carbons (Fsp3) is 0.400. The maximum absolute atomic E-state index is 11.3. The minimum absolute atomic E-state index is 0.0172. The molecule has 0 unspecified atom stereocenters. The number of hydrogen-bond donors (Lipinski definition) is 2. The van der Waals surface area contributed by atoms with Crippen LogP contribution < -0.4 is 10.5 Å². The highest BCUT2D eigenvalue weighted by Crippen LogP contribution is 2.47. The number of nitrogens with two attached hydrogens (primary N) is 1. The zero-order chi connectivity index (χ0) is 19.2. The fourth-order valence-electron chi connectivity index (χ4n) is 2.90.